The van der Waals surface area contributed by atoms with E-state index in [0.29, 0.717) is 13.0 Å². The molecule has 3 aliphatic heterocycles. The highest BCUT2D eigenvalue weighted by molar-refractivity contribution is 7.89. The number of nitrogens with zero attached hydrogens (tertiary/aromatic N) is 3. The topological polar surface area (TPSA) is 119 Å². The summed E-state index contributed by atoms with van der Waals surface area (Å²) in [4.78, 5) is 29.4. The number of likely N-dealkylation sites (N-methyl/N-ethyl adjacent to an activating group) is 1. The Morgan fingerprint density at radius 3 is 2.50 bits per heavy atom. The Hall–Kier alpha value is -2.47. The Balaban J connectivity index is 1.58. The number of piperidine rings is 1. The van der Waals surface area contributed by atoms with Gasteiger partial charge in [0.2, 0.25) is 10.0 Å². The van der Waals surface area contributed by atoms with Gasteiger partial charge in [-0.2, -0.15) is 4.31 Å². The van der Waals surface area contributed by atoms with Gasteiger partial charge in [-0.1, -0.05) is 36.4 Å². The molecule has 2 fully saturated rings. The normalized spacial score (nSPS) is 28.0. The number of carbonyl (C=O) groups excluding carboxylic acids is 2. The number of hydrogen-bond donors (Lipinski definition) is 2. The fourth-order valence-corrected chi connectivity index (χ4v) is 7.95. The predicted molar refractivity (Wildman–Crippen MR) is 135 cm³/mol. The standard InChI is InChI=1S/C25H36N4O6S/c1-27-13-6-9-21(27)22-17-25(23(30)26-32,12-16-29(22)24(31)35-2)18-36(33,34)28-14-10-20(11-15-28)19-7-4-3-5-8-19/h3-5,7-8,10,21-22,32H,6,9,11-18H2,1-2H3,(H,26,30)/t21-,22?,25?/m0/s1. The van der Waals surface area contributed by atoms with E-state index in [2.05, 4.69) is 4.90 Å². The molecular weight excluding hydrogens is 484 g/mol. The molecule has 3 atom stereocenters. The van der Waals surface area contributed by atoms with Gasteiger partial charge in [0, 0.05) is 25.7 Å². The summed E-state index contributed by atoms with van der Waals surface area (Å²) < 4.78 is 33.6. The third kappa shape index (κ3) is 5.29. The van der Waals surface area contributed by atoms with Crippen molar-refractivity contribution in [1.82, 2.24) is 19.6 Å². The van der Waals surface area contributed by atoms with Crippen LogP contribution >= 0.6 is 0 Å². The largest absolute Gasteiger partial charge is 0.453 e. The molecule has 0 radical (unpaired) electrons. The number of methoxy groups -OCH3 is 1. The summed E-state index contributed by atoms with van der Waals surface area (Å²) in [7, 11) is -0.551. The molecule has 4 rings (SSSR count). The molecule has 0 aromatic heterocycles. The lowest BCUT2D eigenvalue weighted by Gasteiger charge is -2.48. The number of carbonyl (C=O) groups is 2. The number of hydroxylamine groups is 1. The van der Waals surface area contributed by atoms with Crippen LogP contribution in [-0.4, -0.2) is 97.9 Å². The zero-order valence-corrected chi connectivity index (χ0v) is 21.7. The molecule has 1 aromatic rings. The summed E-state index contributed by atoms with van der Waals surface area (Å²) in [5, 5.41) is 9.61. The number of sulfonamides is 1. The zero-order valence-electron chi connectivity index (χ0n) is 20.9. The van der Waals surface area contributed by atoms with E-state index in [-0.39, 0.29) is 32.0 Å². The molecule has 0 saturated carbocycles. The van der Waals surface area contributed by atoms with Crippen molar-refractivity contribution in [3.63, 3.8) is 0 Å². The quantitative estimate of drug-likeness (QED) is 0.434. The lowest BCUT2D eigenvalue weighted by molar-refractivity contribution is -0.143. The smallest absolute Gasteiger partial charge is 0.409 e. The Labute approximate surface area is 212 Å². The second-order valence-corrected chi connectivity index (χ2v) is 12.0. The van der Waals surface area contributed by atoms with E-state index in [1.165, 1.54) is 11.4 Å². The molecule has 2 unspecified atom stereocenters. The fraction of sp³-hybridized carbons (Fsp3) is 0.600. The molecule has 3 heterocycles. The minimum absolute atomic E-state index is 0.0238. The first kappa shape index (κ1) is 26.6. The van der Waals surface area contributed by atoms with Crippen LogP contribution in [0.4, 0.5) is 4.79 Å². The fourth-order valence-electron chi connectivity index (χ4n) is 6.00. The van der Waals surface area contributed by atoms with Gasteiger partial charge in [-0.3, -0.25) is 10.0 Å². The van der Waals surface area contributed by atoms with E-state index in [0.717, 1.165) is 30.5 Å². The molecule has 198 valence electrons. The maximum atomic E-state index is 13.6. The van der Waals surface area contributed by atoms with Crippen molar-refractivity contribution < 1.29 is 28.0 Å². The Morgan fingerprint density at radius 2 is 1.92 bits per heavy atom. The zero-order chi connectivity index (χ0) is 25.9. The second kappa shape index (κ2) is 10.9. The van der Waals surface area contributed by atoms with Crippen LogP contribution in [0.2, 0.25) is 0 Å². The molecule has 0 aliphatic carbocycles. The molecule has 0 spiro atoms. The van der Waals surface area contributed by atoms with E-state index in [9.17, 15) is 23.2 Å². The van der Waals surface area contributed by atoms with Crippen LogP contribution in [0.15, 0.2) is 36.4 Å². The molecule has 0 bridgehead atoms. The molecule has 1 aromatic carbocycles. The molecule has 11 heteroatoms. The van der Waals surface area contributed by atoms with Gasteiger partial charge in [-0.25, -0.2) is 18.7 Å². The number of ether oxygens (including phenoxy) is 1. The van der Waals surface area contributed by atoms with Crippen molar-refractivity contribution in [3.05, 3.63) is 42.0 Å². The van der Waals surface area contributed by atoms with Crippen LogP contribution in [0, 0.1) is 5.41 Å². The summed E-state index contributed by atoms with van der Waals surface area (Å²) >= 11 is 0. The van der Waals surface area contributed by atoms with Gasteiger partial charge in [-0.15, -0.1) is 0 Å². The van der Waals surface area contributed by atoms with E-state index >= 15 is 0 Å². The lowest BCUT2D eigenvalue weighted by atomic mass is 9.74. The maximum Gasteiger partial charge on any atom is 0.409 e. The van der Waals surface area contributed by atoms with Crippen molar-refractivity contribution in [2.45, 2.75) is 44.2 Å². The number of benzene rings is 1. The molecule has 36 heavy (non-hydrogen) atoms. The Kier molecular flexibility index (Phi) is 8.03. The summed E-state index contributed by atoms with van der Waals surface area (Å²) in [5.41, 5.74) is 2.53. The third-order valence-corrected chi connectivity index (χ3v) is 10.0. The summed E-state index contributed by atoms with van der Waals surface area (Å²) in [5.74, 6) is -1.15. The first-order valence-corrected chi connectivity index (χ1v) is 14.0. The minimum atomic E-state index is -3.84. The molecule has 2 N–H and O–H groups in total. The highest BCUT2D eigenvalue weighted by Crippen LogP contribution is 2.41. The third-order valence-electron chi connectivity index (χ3n) is 8.01. The highest BCUT2D eigenvalue weighted by atomic mass is 32.2. The average molecular weight is 521 g/mol. The van der Waals surface area contributed by atoms with Crippen molar-refractivity contribution >= 4 is 27.6 Å². The number of hydrogen-bond acceptors (Lipinski definition) is 7. The summed E-state index contributed by atoms with van der Waals surface area (Å²) in [6.07, 6.45) is 4.03. The van der Waals surface area contributed by atoms with Gasteiger partial charge in [-0.05, 0) is 56.8 Å². The van der Waals surface area contributed by atoms with Crippen molar-refractivity contribution in [2.24, 2.45) is 5.41 Å². The number of amides is 2. The van der Waals surface area contributed by atoms with Crippen LogP contribution < -0.4 is 5.48 Å². The van der Waals surface area contributed by atoms with Crippen LogP contribution in [-0.2, 0) is 19.6 Å². The van der Waals surface area contributed by atoms with E-state index in [1.807, 2.05) is 43.5 Å². The Bertz CT molecular complexity index is 1100. The number of rotatable bonds is 6. The van der Waals surface area contributed by atoms with Crippen molar-refractivity contribution in [3.8, 4) is 0 Å². The van der Waals surface area contributed by atoms with E-state index in [1.54, 1.807) is 10.4 Å². The maximum absolute atomic E-state index is 13.6. The number of nitrogens with one attached hydrogen (secondary N) is 1. The molecular formula is C25H36N4O6S. The van der Waals surface area contributed by atoms with E-state index in [4.69, 9.17) is 4.74 Å². The molecule has 3 aliphatic rings. The van der Waals surface area contributed by atoms with Gasteiger partial charge >= 0.3 is 6.09 Å². The molecule has 2 amide bonds. The predicted octanol–water partition coefficient (Wildman–Crippen LogP) is 1.92. The Morgan fingerprint density at radius 1 is 1.17 bits per heavy atom. The van der Waals surface area contributed by atoms with Gasteiger partial charge in [0.15, 0.2) is 0 Å². The van der Waals surface area contributed by atoms with Crippen LogP contribution in [0.5, 0.6) is 0 Å². The SMILES string of the molecule is COC(=O)N1CCC(CS(=O)(=O)N2CC=C(c3ccccc3)CC2)(C(=O)NO)CC1[C@@H]1CCCN1C. The summed E-state index contributed by atoms with van der Waals surface area (Å²) in [6, 6.07) is 9.43. The van der Waals surface area contributed by atoms with Gasteiger partial charge in [0.25, 0.3) is 5.91 Å². The van der Waals surface area contributed by atoms with Gasteiger partial charge in [0.05, 0.1) is 24.3 Å². The lowest BCUT2D eigenvalue weighted by Crippen LogP contribution is -2.61. The molecule has 10 nitrogen and oxygen atoms in total. The minimum Gasteiger partial charge on any atom is -0.453 e. The summed E-state index contributed by atoms with van der Waals surface area (Å²) in [6.45, 7) is 1.58. The highest BCUT2D eigenvalue weighted by Gasteiger charge is 2.52. The second-order valence-electron chi connectivity index (χ2n) is 10.1. The van der Waals surface area contributed by atoms with Crippen LogP contribution in [0.1, 0.15) is 37.7 Å². The first-order valence-electron chi connectivity index (χ1n) is 12.4. The monoisotopic (exact) mass is 520 g/mol. The van der Waals surface area contributed by atoms with Crippen LogP contribution in [0.3, 0.4) is 0 Å². The number of likely N-dealkylation sites (tertiary alicyclic amines) is 2. The first-order chi connectivity index (χ1) is 17.2. The van der Waals surface area contributed by atoms with Gasteiger partial charge < -0.3 is 14.5 Å². The van der Waals surface area contributed by atoms with E-state index < -0.39 is 39.2 Å². The van der Waals surface area contributed by atoms with Crippen molar-refractivity contribution in [2.75, 3.05) is 46.1 Å². The van der Waals surface area contributed by atoms with Crippen molar-refractivity contribution in [1.29, 1.82) is 0 Å². The van der Waals surface area contributed by atoms with Crippen LogP contribution in [0.25, 0.3) is 5.57 Å². The average Bonchev–Trinajstić information content (AvgIpc) is 3.33. The van der Waals surface area contributed by atoms with Gasteiger partial charge in [0.1, 0.15) is 0 Å². The molecule has 2 saturated heterocycles.